The molecule has 4 heteroatoms. The van der Waals surface area contributed by atoms with Crippen molar-refractivity contribution in [1.29, 1.82) is 0 Å². The first kappa shape index (κ1) is 26.1. The Morgan fingerprint density at radius 1 is 0.395 bits per heavy atom. The lowest BCUT2D eigenvalue weighted by atomic mass is 9.91. The fourth-order valence-corrected chi connectivity index (χ4v) is 5.43. The van der Waals surface area contributed by atoms with Crippen LogP contribution in [0.3, 0.4) is 0 Å². The Labute approximate surface area is 251 Å². The van der Waals surface area contributed by atoms with Crippen molar-refractivity contribution >= 4 is 5.69 Å². The standard InChI is InChI=1S/C39H28N4/c40-38-33(18-9-19-35(38)34-17-8-7-16-32(34)31-15-10-24-41-26-31)27-20-22-29(23-21-27)37-25-36(28-11-3-1-4-12-28)42-39(43-37)30-13-5-2-6-14-30/h1-26H,40H2. The number of benzene rings is 5. The average molecular weight is 553 g/mol. The predicted molar refractivity (Wildman–Crippen MR) is 177 cm³/mol. The molecule has 2 N–H and O–H groups in total. The lowest BCUT2D eigenvalue weighted by Gasteiger charge is -2.15. The zero-order valence-corrected chi connectivity index (χ0v) is 23.4. The second kappa shape index (κ2) is 11.6. The number of anilines is 1. The summed E-state index contributed by atoms with van der Waals surface area (Å²) in [5, 5.41) is 0. The largest absolute Gasteiger partial charge is 0.398 e. The summed E-state index contributed by atoms with van der Waals surface area (Å²) in [6, 6.07) is 49.4. The van der Waals surface area contributed by atoms with Crippen LogP contribution in [0.2, 0.25) is 0 Å². The van der Waals surface area contributed by atoms with Crippen LogP contribution in [-0.2, 0) is 0 Å². The van der Waals surface area contributed by atoms with Gasteiger partial charge in [0.25, 0.3) is 0 Å². The topological polar surface area (TPSA) is 64.7 Å². The van der Waals surface area contributed by atoms with Gasteiger partial charge in [-0.1, -0.05) is 133 Å². The average Bonchev–Trinajstić information content (AvgIpc) is 3.09. The van der Waals surface area contributed by atoms with E-state index in [4.69, 9.17) is 15.7 Å². The van der Waals surface area contributed by atoms with E-state index in [2.05, 4.69) is 83.8 Å². The van der Waals surface area contributed by atoms with Crippen LogP contribution in [0.4, 0.5) is 5.69 Å². The van der Waals surface area contributed by atoms with Gasteiger partial charge in [0, 0.05) is 51.5 Å². The van der Waals surface area contributed by atoms with E-state index in [9.17, 15) is 0 Å². The molecule has 2 heterocycles. The van der Waals surface area contributed by atoms with Gasteiger partial charge < -0.3 is 5.73 Å². The quantitative estimate of drug-likeness (QED) is 0.209. The summed E-state index contributed by atoms with van der Waals surface area (Å²) in [6.07, 6.45) is 3.67. The molecule has 0 aliphatic heterocycles. The highest BCUT2D eigenvalue weighted by atomic mass is 14.9. The molecule has 0 fully saturated rings. The first-order valence-corrected chi connectivity index (χ1v) is 14.2. The summed E-state index contributed by atoms with van der Waals surface area (Å²) in [4.78, 5) is 14.2. The molecule has 0 aliphatic carbocycles. The summed E-state index contributed by atoms with van der Waals surface area (Å²) in [5.41, 5.74) is 18.7. The van der Waals surface area contributed by atoms with Gasteiger partial charge in [-0.2, -0.15) is 0 Å². The maximum absolute atomic E-state index is 6.88. The van der Waals surface area contributed by atoms with Crippen LogP contribution < -0.4 is 5.73 Å². The van der Waals surface area contributed by atoms with Crippen molar-refractivity contribution in [3.63, 3.8) is 0 Å². The molecular weight excluding hydrogens is 524 g/mol. The molecule has 0 atom stereocenters. The van der Waals surface area contributed by atoms with E-state index in [1.54, 1.807) is 6.20 Å². The van der Waals surface area contributed by atoms with Crippen molar-refractivity contribution in [3.8, 4) is 67.3 Å². The Morgan fingerprint density at radius 2 is 0.930 bits per heavy atom. The maximum Gasteiger partial charge on any atom is 0.160 e. The summed E-state index contributed by atoms with van der Waals surface area (Å²) >= 11 is 0. The van der Waals surface area contributed by atoms with Crippen LogP contribution in [0, 0.1) is 0 Å². The number of nitrogens with zero attached hydrogens (tertiary/aromatic N) is 3. The van der Waals surface area contributed by atoms with Gasteiger partial charge in [-0.3, -0.25) is 4.98 Å². The maximum atomic E-state index is 6.88. The molecule has 4 nitrogen and oxygen atoms in total. The van der Waals surface area contributed by atoms with Gasteiger partial charge in [-0.15, -0.1) is 0 Å². The van der Waals surface area contributed by atoms with E-state index in [1.165, 1.54) is 0 Å². The van der Waals surface area contributed by atoms with Gasteiger partial charge in [-0.25, -0.2) is 9.97 Å². The molecule has 0 radical (unpaired) electrons. The smallest absolute Gasteiger partial charge is 0.160 e. The summed E-state index contributed by atoms with van der Waals surface area (Å²) in [6.45, 7) is 0. The van der Waals surface area contributed by atoms with Gasteiger partial charge in [0.05, 0.1) is 11.4 Å². The molecule has 0 aliphatic rings. The molecule has 7 aromatic rings. The number of pyridine rings is 1. The minimum absolute atomic E-state index is 0.699. The van der Waals surface area contributed by atoms with E-state index in [1.807, 2.05) is 72.9 Å². The number of nitrogens with two attached hydrogens (primary N) is 1. The number of nitrogen functional groups attached to an aromatic ring is 1. The minimum Gasteiger partial charge on any atom is -0.398 e. The molecule has 7 rings (SSSR count). The fraction of sp³-hybridized carbons (Fsp3) is 0. The molecule has 0 spiro atoms. The third-order valence-corrected chi connectivity index (χ3v) is 7.62. The van der Waals surface area contributed by atoms with E-state index in [0.717, 1.165) is 67.1 Å². The third kappa shape index (κ3) is 5.30. The van der Waals surface area contributed by atoms with Crippen LogP contribution in [0.15, 0.2) is 158 Å². The third-order valence-electron chi connectivity index (χ3n) is 7.62. The second-order valence-corrected chi connectivity index (χ2v) is 10.3. The molecule has 43 heavy (non-hydrogen) atoms. The first-order valence-electron chi connectivity index (χ1n) is 14.2. The molecule has 204 valence electrons. The molecule has 2 aromatic heterocycles. The normalized spacial score (nSPS) is 10.9. The van der Waals surface area contributed by atoms with Gasteiger partial charge in [0.1, 0.15) is 0 Å². The van der Waals surface area contributed by atoms with Crippen molar-refractivity contribution in [1.82, 2.24) is 15.0 Å². The highest BCUT2D eigenvalue weighted by Gasteiger charge is 2.14. The summed E-state index contributed by atoms with van der Waals surface area (Å²) < 4.78 is 0. The molecule has 0 amide bonds. The zero-order valence-electron chi connectivity index (χ0n) is 23.4. The van der Waals surface area contributed by atoms with Gasteiger partial charge in [0.15, 0.2) is 5.82 Å². The second-order valence-electron chi connectivity index (χ2n) is 10.3. The van der Waals surface area contributed by atoms with E-state index in [0.29, 0.717) is 5.82 Å². The SMILES string of the molecule is Nc1c(-c2ccc(-c3cc(-c4ccccc4)nc(-c4ccccc4)n3)cc2)cccc1-c1ccccc1-c1cccnc1. The Morgan fingerprint density at radius 3 is 1.60 bits per heavy atom. The van der Waals surface area contributed by atoms with Crippen molar-refractivity contribution < 1.29 is 0 Å². The van der Waals surface area contributed by atoms with Crippen molar-refractivity contribution in [2.75, 3.05) is 5.73 Å². The zero-order chi connectivity index (χ0) is 29.0. The highest BCUT2D eigenvalue weighted by Crippen LogP contribution is 2.39. The lowest BCUT2D eigenvalue weighted by molar-refractivity contribution is 1.18. The molecule has 5 aromatic carbocycles. The van der Waals surface area contributed by atoms with Gasteiger partial charge >= 0.3 is 0 Å². The Balaban J connectivity index is 1.27. The van der Waals surface area contributed by atoms with Crippen molar-refractivity contribution in [2.24, 2.45) is 0 Å². The number of hydrogen-bond acceptors (Lipinski definition) is 4. The predicted octanol–water partition coefficient (Wildman–Crippen LogP) is 9.46. The minimum atomic E-state index is 0.699. The number of rotatable bonds is 6. The van der Waals surface area contributed by atoms with Crippen LogP contribution in [-0.4, -0.2) is 15.0 Å². The number of hydrogen-bond donors (Lipinski definition) is 1. The molecule has 0 bridgehead atoms. The number of aromatic nitrogens is 3. The Hall–Kier alpha value is -5.87. The molecule has 0 saturated carbocycles. The number of para-hydroxylation sites is 1. The summed E-state index contributed by atoms with van der Waals surface area (Å²) in [7, 11) is 0. The molecule has 0 saturated heterocycles. The van der Waals surface area contributed by atoms with E-state index in [-0.39, 0.29) is 0 Å². The van der Waals surface area contributed by atoms with Gasteiger partial charge in [-0.05, 0) is 28.8 Å². The van der Waals surface area contributed by atoms with Crippen LogP contribution in [0.1, 0.15) is 0 Å². The molecule has 0 unspecified atom stereocenters. The van der Waals surface area contributed by atoms with Crippen LogP contribution in [0.5, 0.6) is 0 Å². The van der Waals surface area contributed by atoms with Crippen LogP contribution in [0.25, 0.3) is 67.3 Å². The van der Waals surface area contributed by atoms with Gasteiger partial charge in [0.2, 0.25) is 0 Å². The lowest BCUT2D eigenvalue weighted by Crippen LogP contribution is -1.97. The van der Waals surface area contributed by atoms with Crippen molar-refractivity contribution in [3.05, 3.63) is 158 Å². The Kier molecular flexibility index (Phi) is 7.00. The van der Waals surface area contributed by atoms with Crippen LogP contribution >= 0.6 is 0 Å². The fourth-order valence-electron chi connectivity index (χ4n) is 5.43. The first-order chi connectivity index (χ1) is 21.2. The molecular formula is C39H28N4. The van der Waals surface area contributed by atoms with E-state index < -0.39 is 0 Å². The van der Waals surface area contributed by atoms with E-state index >= 15 is 0 Å². The summed E-state index contributed by atoms with van der Waals surface area (Å²) in [5.74, 6) is 0.699. The van der Waals surface area contributed by atoms with Crippen molar-refractivity contribution in [2.45, 2.75) is 0 Å². The monoisotopic (exact) mass is 552 g/mol. The highest BCUT2D eigenvalue weighted by molar-refractivity contribution is 5.94. The Bertz CT molecular complexity index is 1950.